The highest BCUT2D eigenvalue weighted by molar-refractivity contribution is 8.14. The second kappa shape index (κ2) is 11.2. The van der Waals surface area contributed by atoms with E-state index >= 15 is 0 Å². The standard InChI is InChI=1S/C18H17N2OS.BF4/c1-2-7-14-8-3-5-10-16(14)18(21)22-13-12-15-9-4-6-11-17(15)20-19;2-1(3,4)5/h2-6,8-11H,1,7,12-13H2;/q+1;-1. The molecule has 142 valence electrons. The monoisotopic (exact) mass is 396 g/mol. The quantitative estimate of drug-likeness (QED) is 0.249. The minimum Gasteiger partial charge on any atom is -0.418 e. The molecule has 2 aromatic rings. The van der Waals surface area contributed by atoms with Crippen molar-refractivity contribution < 1.29 is 22.1 Å². The Balaban J connectivity index is 0.000000646. The number of nitrogens with zero attached hydrogens (tertiary/aromatic N) is 2. The van der Waals surface area contributed by atoms with Crippen molar-refractivity contribution in [3.05, 3.63) is 82.9 Å². The van der Waals surface area contributed by atoms with Crippen LogP contribution in [0.3, 0.4) is 0 Å². The van der Waals surface area contributed by atoms with Crippen LogP contribution in [0, 0.1) is 5.39 Å². The fourth-order valence-electron chi connectivity index (χ4n) is 2.20. The molecule has 27 heavy (non-hydrogen) atoms. The van der Waals surface area contributed by atoms with Crippen LogP contribution in [-0.4, -0.2) is 18.1 Å². The van der Waals surface area contributed by atoms with E-state index in [0.29, 0.717) is 24.3 Å². The number of hydrogen-bond donors (Lipinski definition) is 0. The molecule has 0 bridgehead atoms. The third-order valence-corrected chi connectivity index (χ3v) is 4.20. The molecule has 0 spiro atoms. The van der Waals surface area contributed by atoms with Gasteiger partial charge in [-0.05, 0) is 18.4 Å². The predicted octanol–water partition coefficient (Wildman–Crippen LogP) is 6.32. The number of rotatable bonds is 6. The number of carbonyl (C=O) groups is 1. The highest BCUT2D eigenvalue weighted by Crippen LogP contribution is 2.22. The molecule has 9 heteroatoms. The van der Waals surface area contributed by atoms with Gasteiger partial charge in [0.1, 0.15) is 0 Å². The van der Waals surface area contributed by atoms with Gasteiger partial charge in [-0.25, -0.2) is 0 Å². The van der Waals surface area contributed by atoms with Crippen LogP contribution in [0.15, 0.2) is 61.2 Å². The predicted molar refractivity (Wildman–Crippen MR) is 102 cm³/mol. The lowest BCUT2D eigenvalue weighted by Crippen LogP contribution is -2.02. The van der Waals surface area contributed by atoms with Crippen molar-refractivity contribution in [1.82, 2.24) is 0 Å². The van der Waals surface area contributed by atoms with Crippen molar-refractivity contribution in [3.8, 4) is 0 Å². The summed E-state index contributed by atoms with van der Waals surface area (Å²) in [6.07, 6.45) is 3.17. The Morgan fingerprint density at radius 2 is 1.63 bits per heavy atom. The van der Waals surface area contributed by atoms with Crippen LogP contribution >= 0.6 is 11.8 Å². The SMILES string of the molecule is C=CCc1ccccc1C(=O)SCCc1ccccc1[N+]#N.F[B-](F)(F)F. The van der Waals surface area contributed by atoms with Crippen molar-refractivity contribution in [3.63, 3.8) is 0 Å². The lowest BCUT2D eigenvalue weighted by molar-refractivity contribution is 0.108. The first-order chi connectivity index (χ1) is 12.8. The molecule has 0 unspecified atom stereocenters. The lowest BCUT2D eigenvalue weighted by Gasteiger charge is -2.06. The number of carbonyl (C=O) groups excluding carboxylic acids is 1. The maximum absolute atomic E-state index is 12.3. The van der Waals surface area contributed by atoms with Gasteiger partial charge in [0.25, 0.3) is 0 Å². The molecule has 0 N–H and O–H groups in total. The maximum atomic E-state index is 12.3. The Morgan fingerprint density at radius 1 is 1.07 bits per heavy atom. The van der Waals surface area contributed by atoms with Crippen LogP contribution in [-0.2, 0) is 12.8 Å². The number of halogens is 4. The van der Waals surface area contributed by atoms with Crippen molar-refractivity contribution >= 4 is 29.8 Å². The van der Waals surface area contributed by atoms with Gasteiger partial charge in [-0.2, -0.15) is 0 Å². The molecule has 0 aromatic heterocycles. The third kappa shape index (κ3) is 9.06. The number of benzene rings is 2. The van der Waals surface area contributed by atoms with Gasteiger partial charge in [-0.15, -0.1) is 6.58 Å². The Labute approximate surface area is 159 Å². The van der Waals surface area contributed by atoms with E-state index in [4.69, 9.17) is 5.39 Å². The Bertz CT molecular complexity index is 815. The smallest absolute Gasteiger partial charge is 0.418 e. The van der Waals surface area contributed by atoms with Crippen LogP contribution < -0.4 is 0 Å². The van der Waals surface area contributed by atoms with E-state index in [1.165, 1.54) is 11.8 Å². The van der Waals surface area contributed by atoms with Crippen molar-refractivity contribution in [2.24, 2.45) is 0 Å². The van der Waals surface area contributed by atoms with Crippen molar-refractivity contribution in [2.75, 3.05) is 5.75 Å². The summed E-state index contributed by atoms with van der Waals surface area (Å²) >= 11 is 1.29. The van der Waals surface area contributed by atoms with E-state index < -0.39 is 7.25 Å². The fraction of sp³-hybridized carbons (Fsp3) is 0.167. The number of thioether (sulfide) groups is 1. The van der Waals surface area contributed by atoms with Gasteiger partial charge in [0, 0.05) is 22.9 Å². The van der Waals surface area contributed by atoms with Crippen LogP contribution in [0.1, 0.15) is 21.5 Å². The molecule has 0 saturated heterocycles. The average Bonchev–Trinajstić information content (AvgIpc) is 2.61. The Morgan fingerprint density at radius 3 is 2.22 bits per heavy atom. The number of allylic oxidation sites excluding steroid dienone is 1. The molecule has 0 aliphatic carbocycles. The number of diazo groups is 1. The second-order valence-electron chi connectivity index (χ2n) is 5.26. The summed E-state index contributed by atoms with van der Waals surface area (Å²) in [6, 6.07) is 15.0. The van der Waals surface area contributed by atoms with Gasteiger partial charge < -0.3 is 17.3 Å². The van der Waals surface area contributed by atoms with E-state index in [1.807, 2.05) is 42.5 Å². The molecule has 2 aromatic carbocycles. The van der Waals surface area contributed by atoms with E-state index in [0.717, 1.165) is 16.7 Å². The molecule has 0 aliphatic heterocycles. The molecule has 0 radical (unpaired) electrons. The largest absolute Gasteiger partial charge is 0.673 e. The normalized spacial score (nSPS) is 10.3. The first-order valence-corrected chi connectivity index (χ1v) is 8.91. The first-order valence-electron chi connectivity index (χ1n) is 7.92. The molecule has 0 heterocycles. The summed E-state index contributed by atoms with van der Waals surface area (Å²) in [6.45, 7) is 3.73. The van der Waals surface area contributed by atoms with Crippen molar-refractivity contribution in [1.29, 1.82) is 5.39 Å². The molecule has 0 saturated carbocycles. The van der Waals surface area contributed by atoms with E-state index in [-0.39, 0.29) is 5.12 Å². The van der Waals surface area contributed by atoms with Crippen LogP contribution in [0.4, 0.5) is 23.0 Å². The minimum atomic E-state index is -6.00. The van der Waals surface area contributed by atoms with Gasteiger partial charge in [0.2, 0.25) is 10.5 Å². The molecular weight excluding hydrogens is 379 g/mol. The van der Waals surface area contributed by atoms with E-state index in [2.05, 4.69) is 11.6 Å². The summed E-state index contributed by atoms with van der Waals surface area (Å²) < 4.78 is 39.0. The topological polar surface area (TPSA) is 45.2 Å². The number of hydrogen-bond acceptors (Lipinski definition) is 3. The summed E-state index contributed by atoms with van der Waals surface area (Å²) in [5.41, 5.74) is 3.24. The molecule has 0 aliphatic rings. The average molecular weight is 396 g/mol. The summed E-state index contributed by atoms with van der Waals surface area (Å²) in [4.78, 5) is 15.6. The summed E-state index contributed by atoms with van der Waals surface area (Å²) in [7, 11) is -6.00. The van der Waals surface area contributed by atoms with E-state index in [1.54, 1.807) is 12.1 Å². The maximum Gasteiger partial charge on any atom is 0.673 e. The first kappa shape index (κ1) is 22.4. The molecule has 2 rings (SSSR count). The van der Waals surface area contributed by atoms with Crippen LogP contribution in [0.25, 0.3) is 4.98 Å². The zero-order chi connectivity index (χ0) is 20.3. The van der Waals surface area contributed by atoms with Gasteiger partial charge in [-0.3, -0.25) is 4.79 Å². The Hall–Kier alpha value is -2.60. The molecule has 3 nitrogen and oxygen atoms in total. The molecular formula is C18H17BF4N2OS. The Kier molecular flexibility index (Phi) is 9.30. The fourth-order valence-corrected chi connectivity index (χ4v) is 3.07. The summed E-state index contributed by atoms with van der Waals surface area (Å²) in [5, 5.41) is 9.01. The van der Waals surface area contributed by atoms with Gasteiger partial charge in [0.05, 0.1) is 0 Å². The zero-order valence-corrected chi connectivity index (χ0v) is 15.1. The van der Waals surface area contributed by atoms with Gasteiger partial charge in [0.15, 0.2) is 4.98 Å². The van der Waals surface area contributed by atoms with Crippen LogP contribution in [0.5, 0.6) is 0 Å². The highest BCUT2D eigenvalue weighted by atomic mass is 32.2. The lowest BCUT2D eigenvalue weighted by atomic mass is 10.1. The minimum absolute atomic E-state index is 0.0656. The molecule has 0 atom stereocenters. The zero-order valence-electron chi connectivity index (χ0n) is 14.3. The summed E-state index contributed by atoms with van der Waals surface area (Å²) in [5.74, 6) is 0.647. The van der Waals surface area contributed by atoms with Crippen molar-refractivity contribution in [2.45, 2.75) is 12.8 Å². The van der Waals surface area contributed by atoms with E-state index in [9.17, 15) is 22.1 Å². The molecule has 0 amide bonds. The number of aryl methyl sites for hydroxylation is 1. The van der Waals surface area contributed by atoms with Gasteiger partial charge >= 0.3 is 12.9 Å². The third-order valence-electron chi connectivity index (χ3n) is 3.31. The van der Waals surface area contributed by atoms with Crippen LogP contribution in [0.2, 0.25) is 0 Å². The second-order valence-corrected chi connectivity index (χ2v) is 6.33. The van der Waals surface area contributed by atoms with Gasteiger partial charge in [-0.1, -0.05) is 60.3 Å². The highest BCUT2D eigenvalue weighted by Gasteiger charge is 2.20. The molecule has 0 fully saturated rings.